The van der Waals surface area contributed by atoms with Crippen LogP contribution in [-0.4, -0.2) is 51.3 Å². The molecule has 1 aliphatic heterocycles. The van der Waals surface area contributed by atoms with Crippen LogP contribution in [0.25, 0.3) is 5.82 Å². The molecule has 3 heterocycles. The molecular formula is C22H19N3O6. The molecular weight excluding hydrogens is 402 g/mol. The van der Waals surface area contributed by atoms with Crippen molar-refractivity contribution in [3.05, 3.63) is 70.2 Å². The Bertz CT molecular complexity index is 1200. The number of nitrogens with zero attached hydrogens (tertiary/aromatic N) is 3. The molecule has 4 rings (SSSR count). The molecule has 2 amide bonds. The molecule has 1 aromatic carbocycles. The van der Waals surface area contributed by atoms with E-state index in [1.54, 1.807) is 42.7 Å². The maximum atomic E-state index is 12.6. The Kier molecular flexibility index (Phi) is 5.02. The number of aryl methyl sites for hydroxylation is 2. The predicted octanol–water partition coefficient (Wildman–Crippen LogP) is 2.41. The standard InChI is InChI=1S/C22H19N3O6/c1-12-8-17(14(3)25(12)19-9-13(2)31-23-19)18(26)11-30-20(27)10-24-21(28)15-6-4-5-7-16(15)22(24)29/h4-9H,10-11H2,1-3H3. The second-order valence-corrected chi connectivity index (χ2v) is 7.24. The van der Waals surface area contributed by atoms with Gasteiger partial charge in [-0.05, 0) is 39.0 Å². The van der Waals surface area contributed by atoms with Crippen molar-refractivity contribution in [2.24, 2.45) is 0 Å². The minimum absolute atomic E-state index is 0.243. The van der Waals surface area contributed by atoms with Crippen molar-refractivity contribution >= 4 is 23.6 Å². The number of ketones is 1. The van der Waals surface area contributed by atoms with Crippen LogP contribution >= 0.6 is 0 Å². The van der Waals surface area contributed by atoms with Gasteiger partial charge in [0.2, 0.25) is 5.78 Å². The Hall–Kier alpha value is -4.01. The number of imide groups is 1. The molecule has 0 aliphatic carbocycles. The molecule has 9 nitrogen and oxygen atoms in total. The number of rotatable bonds is 6. The molecule has 0 spiro atoms. The van der Waals surface area contributed by atoms with Gasteiger partial charge in [-0.15, -0.1) is 0 Å². The van der Waals surface area contributed by atoms with Crippen molar-refractivity contribution in [1.82, 2.24) is 14.6 Å². The Morgan fingerprint density at radius 2 is 1.68 bits per heavy atom. The summed E-state index contributed by atoms with van der Waals surface area (Å²) in [5.74, 6) is -1.18. The topological polar surface area (TPSA) is 112 Å². The summed E-state index contributed by atoms with van der Waals surface area (Å²) < 4.78 is 11.9. The average Bonchev–Trinajstić information content (AvgIpc) is 3.37. The highest BCUT2D eigenvalue weighted by Gasteiger charge is 2.36. The van der Waals surface area contributed by atoms with Crippen LogP contribution in [0.3, 0.4) is 0 Å². The molecule has 2 aromatic heterocycles. The van der Waals surface area contributed by atoms with Gasteiger partial charge in [0.15, 0.2) is 12.4 Å². The quantitative estimate of drug-likeness (QED) is 0.341. The van der Waals surface area contributed by atoms with Gasteiger partial charge in [0, 0.05) is 23.0 Å². The molecule has 0 unspecified atom stereocenters. The molecule has 9 heteroatoms. The van der Waals surface area contributed by atoms with E-state index in [0.717, 1.165) is 10.6 Å². The van der Waals surface area contributed by atoms with Gasteiger partial charge in [-0.2, -0.15) is 0 Å². The number of fused-ring (bicyclic) bond motifs is 1. The normalized spacial score (nSPS) is 12.9. The van der Waals surface area contributed by atoms with Crippen LogP contribution in [0, 0.1) is 20.8 Å². The fraction of sp³-hybridized carbons (Fsp3) is 0.227. The van der Waals surface area contributed by atoms with E-state index in [-0.39, 0.29) is 11.1 Å². The van der Waals surface area contributed by atoms with Gasteiger partial charge >= 0.3 is 5.97 Å². The van der Waals surface area contributed by atoms with Crippen molar-refractivity contribution in [2.45, 2.75) is 20.8 Å². The summed E-state index contributed by atoms with van der Waals surface area (Å²) in [7, 11) is 0. The van der Waals surface area contributed by atoms with Gasteiger partial charge in [0.25, 0.3) is 11.8 Å². The van der Waals surface area contributed by atoms with E-state index in [1.807, 2.05) is 6.92 Å². The number of hydrogen-bond donors (Lipinski definition) is 0. The van der Waals surface area contributed by atoms with Gasteiger partial charge in [-0.3, -0.25) is 28.6 Å². The number of aromatic nitrogens is 2. The summed E-state index contributed by atoms with van der Waals surface area (Å²) in [4.78, 5) is 50.3. The average molecular weight is 421 g/mol. The van der Waals surface area contributed by atoms with Crippen LogP contribution in [0.4, 0.5) is 0 Å². The lowest BCUT2D eigenvalue weighted by Crippen LogP contribution is -2.36. The Labute approximate surface area is 177 Å². The fourth-order valence-electron chi connectivity index (χ4n) is 3.64. The maximum Gasteiger partial charge on any atom is 0.326 e. The van der Waals surface area contributed by atoms with Gasteiger partial charge in [0.05, 0.1) is 11.1 Å². The Morgan fingerprint density at radius 3 is 2.26 bits per heavy atom. The second kappa shape index (κ2) is 7.67. The van der Waals surface area contributed by atoms with Crippen LogP contribution < -0.4 is 0 Å². The second-order valence-electron chi connectivity index (χ2n) is 7.24. The van der Waals surface area contributed by atoms with E-state index in [2.05, 4.69) is 5.16 Å². The number of amides is 2. The van der Waals surface area contributed by atoms with Crippen molar-refractivity contribution in [1.29, 1.82) is 0 Å². The summed E-state index contributed by atoms with van der Waals surface area (Å²) in [6.45, 7) is 4.28. The van der Waals surface area contributed by atoms with Crippen molar-refractivity contribution in [3.63, 3.8) is 0 Å². The summed E-state index contributed by atoms with van der Waals surface area (Å²) in [6, 6.07) is 9.76. The van der Waals surface area contributed by atoms with Crippen LogP contribution in [-0.2, 0) is 9.53 Å². The van der Waals surface area contributed by atoms with Crippen molar-refractivity contribution in [3.8, 4) is 5.82 Å². The van der Waals surface area contributed by atoms with Gasteiger partial charge in [-0.25, -0.2) is 0 Å². The van der Waals surface area contributed by atoms with Crippen molar-refractivity contribution in [2.75, 3.05) is 13.2 Å². The summed E-state index contributed by atoms with van der Waals surface area (Å²) in [6.07, 6.45) is 0. The maximum absolute atomic E-state index is 12.6. The zero-order valence-electron chi connectivity index (χ0n) is 17.2. The SMILES string of the molecule is Cc1cc(-n2c(C)cc(C(=O)COC(=O)CN3C(=O)c4ccccc4C3=O)c2C)no1. The molecule has 1 aliphatic rings. The number of benzene rings is 1. The van der Waals surface area contributed by atoms with E-state index in [9.17, 15) is 19.2 Å². The molecule has 31 heavy (non-hydrogen) atoms. The monoisotopic (exact) mass is 421 g/mol. The zero-order valence-corrected chi connectivity index (χ0v) is 17.2. The van der Waals surface area contributed by atoms with Crippen molar-refractivity contribution < 1.29 is 28.4 Å². The summed E-state index contributed by atoms with van der Waals surface area (Å²) >= 11 is 0. The number of hydrogen-bond acceptors (Lipinski definition) is 7. The fourth-order valence-corrected chi connectivity index (χ4v) is 3.64. The minimum Gasteiger partial charge on any atom is -0.456 e. The first-order valence-corrected chi connectivity index (χ1v) is 9.54. The Morgan fingerprint density at radius 1 is 1.03 bits per heavy atom. The Balaban J connectivity index is 1.41. The number of carbonyl (C=O) groups excluding carboxylic acids is 4. The minimum atomic E-state index is -0.844. The van der Waals surface area contributed by atoms with Gasteiger partial charge in [0.1, 0.15) is 12.3 Å². The third-order valence-corrected chi connectivity index (χ3v) is 5.11. The molecule has 0 radical (unpaired) electrons. The summed E-state index contributed by atoms with van der Waals surface area (Å²) in [5.41, 5.74) is 2.27. The smallest absolute Gasteiger partial charge is 0.326 e. The van der Waals surface area contributed by atoms with E-state index < -0.39 is 36.7 Å². The van der Waals surface area contributed by atoms with E-state index in [1.165, 1.54) is 12.1 Å². The van der Waals surface area contributed by atoms with Crippen LogP contribution in [0.2, 0.25) is 0 Å². The van der Waals surface area contributed by atoms with Gasteiger partial charge in [-0.1, -0.05) is 17.3 Å². The molecule has 0 N–H and O–H groups in total. The van der Waals surface area contributed by atoms with E-state index in [0.29, 0.717) is 22.8 Å². The highest BCUT2D eigenvalue weighted by molar-refractivity contribution is 6.22. The third kappa shape index (κ3) is 3.54. The van der Waals surface area contributed by atoms with Crippen LogP contribution in [0.15, 0.2) is 40.9 Å². The number of ether oxygens (including phenoxy) is 1. The zero-order chi connectivity index (χ0) is 22.3. The number of Topliss-reactive ketones (excluding diaryl/α,β-unsaturated/α-hetero) is 1. The molecule has 3 aromatic rings. The molecule has 0 saturated heterocycles. The summed E-state index contributed by atoms with van der Waals surface area (Å²) in [5, 5.41) is 3.97. The lowest BCUT2D eigenvalue weighted by atomic mass is 10.1. The first kappa shape index (κ1) is 20.3. The van der Waals surface area contributed by atoms with E-state index in [4.69, 9.17) is 9.26 Å². The first-order valence-electron chi connectivity index (χ1n) is 9.54. The van der Waals surface area contributed by atoms with Crippen LogP contribution in [0.1, 0.15) is 48.2 Å². The van der Waals surface area contributed by atoms with E-state index >= 15 is 0 Å². The lowest BCUT2D eigenvalue weighted by Gasteiger charge is -2.12. The van der Waals surface area contributed by atoms with Crippen LogP contribution in [0.5, 0.6) is 0 Å². The highest BCUT2D eigenvalue weighted by atomic mass is 16.5. The largest absolute Gasteiger partial charge is 0.456 e. The molecule has 0 saturated carbocycles. The molecule has 0 fully saturated rings. The molecule has 158 valence electrons. The number of esters is 1. The first-order chi connectivity index (χ1) is 14.8. The number of carbonyl (C=O) groups is 4. The molecule has 0 bridgehead atoms. The lowest BCUT2D eigenvalue weighted by molar-refractivity contribution is -0.142. The third-order valence-electron chi connectivity index (χ3n) is 5.11. The van der Waals surface area contributed by atoms with Gasteiger partial charge < -0.3 is 9.26 Å². The molecule has 0 atom stereocenters. The predicted molar refractivity (Wildman–Crippen MR) is 107 cm³/mol. The highest BCUT2D eigenvalue weighted by Crippen LogP contribution is 2.23.